The van der Waals surface area contributed by atoms with Crippen molar-refractivity contribution in [1.82, 2.24) is 0 Å². The minimum absolute atomic E-state index is 0.459. The van der Waals surface area contributed by atoms with Gasteiger partial charge in [0.1, 0.15) is 6.29 Å². The van der Waals surface area contributed by atoms with E-state index in [1.807, 2.05) is 18.2 Å². The molecule has 0 amide bonds. The third-order valence-corrected chi connectivity index (χ3v) is 3.33. The summed E-state index contributed by atoms with van der Waals surface area (Å²) in [4.78, 5) is 10.4. The lowest BCUT2D eigenvalue weighted by Gasteiger charge is -2.07. The molecule has 0 saturated carbocycles. The lowest BCUT2D eigenvalue weighted by molar-refractivity contribution is -0.107. The molecule has 0 aliphatic carbocycles. The summed E-state index contributed by atoms with van der Waals surface area (Å²) in [6.07, 6.45) is 5.31. The zero-order valence-electron chi connectivity index (χ0n) is 10.5. The van der Waals surface area contributed by atoms with Gasteiger partial charge in [-0.25, -0.2) is 0 Å². The van der Waals surface area contributed by atoms with Crippen molar-refractivity contribution in [3.05, 3.63) is 66.2 Å². The highest BCUT2D eigenvalue weighted by Crippen LogP contribution is 2.29. The van der Waals surface area contributed by atoms with Crippen LogP contribution in [-0.2, 0) is 4.79 Å². The summed E-state index contributed by atoms with van der Waals surface area (Å²) >= 11 is 0. The van der Waals surface area contributed by atoms with Gasteiger partial charge in [0, 0.05) is 6.42 Å². The predicted octanol–water partition coefficient (Wildman–Crippen LogP) is 4.60. The lowest BCUT2D eigenvalue weighted by atomic mass is 9.97. The Morgan fingerprint density at radius 2 is 1.53 bits per heavy atom. The number of fused-ring (bicyclic) bond motifs is 3. The van der Waals surface area contributed by atoms with Gasteiger partial charge in [0.2, 0.25) is 0 Å². The van der Waals surface area contributed by atoms with Crippen molar-refractivity contribution >= 4 is 33.9 Å². The number of rotatable bonds is 3. The van der Waals surface area contributed by atoms with Crippen molar-refractivity contribution in [2.45, 2.75) is 6.42 Å². The first kappa shape index (κ1) is 11.7. The van der Waals surface area contributed by atoms with Crippen LogP contribution in [0, 0.1) is 0 Å². The summed E-state index contributed by atoms with van der Waals surface area (Å²) in [5.41, 5.74) is 1.16. The van der Waals surface area contributed by atoms with Gasteiger partial charge in [-0.05, 0) is 33.2 Å². The van der Waals surface area contributed by atoms with Gasteiger partial charge in [-0.3, -0.25) is 0 Å². The van der Waals surface area contributed by atoms with Crippen molar-refractivity contribution in [3.8, 4) is 0 Å². The van der Waals surface area contributed by atoms with E-state index in [1.54, 1.807) is 0 Å². The van der Waals surface area contributed by atoms with Crippen LogP contribution in [0.25, 0.3) is 27.6 Å². The monoisotopic (exact) mass is 246 g/mol. The fourth-order valence-corrected chi connectivity index (χ4v) is 2.47. The summed E-state index contributed by atoms with van der Waals surface area (Å²) in [5.74, 6) is 0. The Labute approximate surface area is 112 Å². The van der Waals surface area contributed by atoms with Crippen molar-refractivity contribution in [1.29, 1.82) is 0 Å². The van der Waals surface area contributed by atoms with Gasteiger partial charge >= 0.3 is 0 Å². The largest absolute Gasteiger partial charge is 0.303 e. The summed E-state index contributed by atoms with van der Waals surface area (Å²) in [6, 6.07) is 19.0. The topological polar surface area (TPSA) is 17.1 Å². The molecule has 0 atom stereocenters. The molecule has 1 heteroatoms. The van der Waals surface area contributed by atoms with Gasteiger partial charge in [0.25, 0.3) is 0 Å². The van der Waals surface area contributed by atoms with Gasteiger partial charge in [-0.1, -0.05) is 60.7 Å². The highest BCUT2D eigenvalue weighted by molar-refractivity contribution is 6.10. The third-order valence-electron chi connectivity index (χ3n) is 3.33. The van der Waals surface area contributed by atoms with E-state index in [2.05, 4.69) is 48.5 Å². The summed E-state index contributed by atoms with van der Waals surface area (Å²) < 4.78 is 0. The van der Waals surface area contributed by atoms with Crippen LogP contribution in [0.4, 0.5) is 0 Å². The summed E-state index contributed by atoms with van der Waals surface area (Å²) in [7, 11) is 0. The second kappa shape index (κ2) is 5.07. The van der Waals surface area contributed by atoms with Gasteiger partial charge in [0.05, 0.1) is 0 Å². The Hall–Kier alpha value is -2.41. The molecule has 0 unspecified atom stereocenters. The maximum Gasteiger partial charge on any atom is 0.123 e. The molecule has 3 aromatic rings. The van der Waals surface area contributed by atoms with E-state index in [0.717, 1.165) is 11.8 Å². The van der Waals surface area contributed by atoms with Crippen LogP contribution in [0.1, 0.15) is 12.0 Å². The molecule has 0 spiro atoms. The highest BCUT2D eigenvalue weighted by Gasteiger charge is 2.03. The Kier molecular flexibility index (Phi) is 3.11. The van der Waals surface area contributed by atoms with E-state index in [-0.39, 0.29) is 0 Å². The molecule has 0 bridgehead atoms. The zero-order chi connectivity index (χ0) is 13.1. The van der Waals surface area contributed by atoms with Crippen molar-refractivity contribution in [3.63, 3.8) is 0 Å². The van der Waals surface area contributed by atoms with Crippen LogP contribution in [0.15, 0.2) is 60.7 Å². The highest BCUT2D eigenvalue weighted by atomic mass is 16.1. The molecule has 92 valence electrons. The maximum absolute atomic E-state index is 10.4. The van der Waals surface area contributed by atoms with Crippen molar-refractivity contribution < 1.29 is 4.79 Å². The minimum Gasteiger partial charge on any atom is -0.303 e. The van der Waals surface area contributed by atoms with Crippen LogP contribution in [0.5, 0.6) is 0 Å². The zero-order valence-corrected chi connectivity index (χ0v) is 10.5. The van der Waals surface area contributed by atoms with Crippen LogP contribution in [-0.4, -0.2) is 6.29 Å². The van der Waals surface area contributed by atoms with Gasteiger partial charge in [-0.2, -0.15) is 0 Å². The molecule has 1 nitrogen and oxygen atoms in total. The lowest BCUT2D eigenvalue weighted by Crippen LogP contribution is -1.82. The molecule has 0 N–H and O–H groups in total. The number of aldehydes is 1. The average Bonchev–Trinajstić information content (AvgIpc) is 2.47. The molecule has 0 aliphatic rings. The normalized spacial score (nSPS) is 11.4. The second-order valence-electron chi connectivity index (χ2n) is 4.54. The molecule has 3 aromatic carbocycles. The Morgan fingerprint density at radius 3 is 2.32 bits per heavy atom. The van der Waals surface area contributed by atoms with E-state index >= 15 is 0 Å². The molecule has 0 radical (unpaired) electrons. The van der Waals surface area contributed by atoms with Gasteiger partial charge < -0.3 is 4.79 Å². The van der Waals surface area contributed by atoms with Crippen molar-refractivity contribution in [2.24, 2.45) is 0 Å². The number of hydrogen-bond acceptors (Lipinski definition) is 1. The molecule has 19 heavy (non-hydrogen) atoms. The Balaban J connectivity index is 2.32. The summed E-state index contributed by atoms with van der Waals surface area (Å²) in [6.45, 7) is 0. The quantitative estimate of drug-likeness (QED) is 0.487. The average molecular weight is 246 g/mol. The van der Waals surface area contributed by atoms with E-state index in [0.29, 0.717) is 6.42 Å². The summed E-state index contributed by atoms with van der Waals surface area (Å²) in [5, 5.41) is 4.98. The molecular formula is C18H14O. The second-order valence-corrected chi connectivity index (χ2v) is 4.54. The Morgan fingerprint density at radius 1 is 0.842 bits per heavy atom. The molecule has 0 aromatic heterocycles. The standard InChI is InChI=1S/C18H14O/c19-12-6-5-8-15-13-14-7-1-2-9-16(14)18-11-4-3-10-17(15)18/h1-5,7-13H,6H2. The van der Waals surface area contributed by atoms with E-state index in [4.69, 9.17) is 0 Å². The van der Waals surface area contributed by atoms with Gasteiger partial charge in [-0.15, -0.1) is 0 Å². The number of carbonyl (C=O) groups excluding carboxylic acids is 1. The number of allylic oxidation sites excluding steroid dienone is 1. The smallest absolute Gasteiger partial charge is 0.123 e. The fraction of sp³-hybridized carbons (Fsp3) is 0.0556. The third kappa shape index (κ3) is 2.15. The molecular weight excluding hydrogens is 232 g/mol. The van der Waals surface area contributed by atoms with Gasteiger partial charge in [0.15, 0.2) is 0 Å². The maximum atomic E-state index is 10.4. The predicted molar refractivity (Wildman–Crippen MR) is 81.2 cm³/mol. The van der Waals surface area contributed by atoms with Crippen LogP contribution in [0.2, 0.25) is 0 Å². The molecule has 0 fully saturated rings. The van der Waals surface area contributed by atoms with E-state index < -0.39 is 0 Å². The molecule has 0 heterocycles. The first-order chi connectivity index (χ1) is 9.40. The SMILES string of the molecule is O=CCC=Cc1cc2ccccc2c2ccccc12. The number of benzene rings is 3. The van der Waals surface area contributed by atoms with Crippen LogP contribution in [0.3, 0.4) is 0 Å². The van der Waals surface area contributed by atoms with Crippen molar-refractivity contribution in [2.75, 3.05) is 0 Å². The van der Waals surface area contributed by atoms with E-state index in [1.165, 1.54) is 21.5 Å². The van der Waals surface area contributed by atoms with Crippen LogP contribution < -0.4 is 0 Å². The van der Waals surface area contributed by atoms with E-state index in [9.17, 15) is 4.79 Å². The van der Waals surface area contributed by atoms with Crippen LogP contribution >= 0.6 is 0 Å². The first-order valence-corrected chi connectivity index (χ1v) is 6.41. The number of hydrogen-bond donors (Lipinski definition) is 0. The Bertz CT molecular complexity index is 769. The minimum atomic E-state index is 0.459. The fourth-order valence-electron chi connectivity index (χ4n) is 2.47. The molecule has 3 rings (SSSR count). The molecule has 0 aliphatic heterocycles. The number of carbonyl (C=O) groups is 1. The first-order valence-electron chi connectivity index (χ1n) is 6.41. The molecule has 0 saturated heterocycles.